The topological polar surface area (TPSA) is 73.7 Å². The van der Waals surface area contributed by atoms with E-state index in [1.165, 1.54) is 0 Å². The van der Waals surface area contributed by atoms with Crippen LogP contribution in [0.4, 0.5) is 0 Å². The van der Waals surface area contributed by atoms with Gasteiger partial charge in [-0.1, -0.05) is 26.0 Å². The Bertz CT molecular complexity index is 1430. The fraction of sp³-hybridized carbons (Fsp3) is 0.300. The zero-order chi connectivity index (χ0) is 26.5. The maximum atomic E-state index is 13.8. The van der Waals surface area contributed by atoms with Gasteiger partial charge in [0.15, 0.2) is 0 Å². The molecule has 0 bridgehead atoms. The molecule has 0 radical (unpaired) electrons. The van der Waals surface area contributed by atoms with Crippen molar-refractivity contribution in [1.29, 1.82) is 0 Å². The van der Waals surface area contributed by atoms with Crippen LogP contribution in [0.2, 0.25) is 0 Å². The number of benzene rings is 3. The van der Waals surface area contributed by atoms with Crippen molar-refractivity contribution in [1.82, 2.24) is 14.5 Å². The number of carbonyl (C=O) groups is 1. The first kappa shape index (κ1) is 25.9. The zero-order valence-corrected chi connectivity index (χ0v) is 22.0. The largest absolute Gasteiger partial charge is 0.497 e. The number of nitrogens with zero attached hydrogens (tertiary/aromatic N) is 3. The van der Waals surface area contributed by atoms with Gasteiger partial charge in [0, 0.05) is 12.1 Å². The van der Waals surface area contributed by atoms with Gasteiger partial charge < -0.3 is 14.4 Å². The summed E-state index contributed by atoms with van der Waals surface area (Å²) in [5, 5.41) is 0.518. The lowest BCUT2D eigenvalue weighted by molar-refractivity contribution is 0.0655. The molecule has 1 aromatic heterocycles. The van der Waals surface area contributed by atoms with Crippen LogP contribution in [0.15, 0.2) is 77.6 Å². The van der Waals surface area contributed by atoms with E-state index in [0.717, 1.165) is 5.75 Å². The van der Waals surface area contributed by atoms with E-state index >= 15 is 0 Å². The summed E-state index contributed by atoms with van der Waals surface area (Å²) >= 11 is 0. The molecule has 7 heteroatoms. The molecule has 192 valence electrons. The second kappa shape index (κ2) is 11.3. The molecule has 1 amide bonds. The molecule has 4 aromatic rings. The third kappa shape index (κ3) is 5.50. The Morgan fingerprint density at radius 1 is 0.946 bits per heavy atom. The van der Waals surface area contributed by atoms with Crippen molar-refractivity contribution in [3.8, 4) is 17.2 Å². The van der Waals surface area contributed by atoms with Crippen LogP contribution in [0.3, 0.4) is 0 Å². The maximum absolute atomic E-state index is 13.8. The van der Waals surface area contributed by atoms with Gasteiger partial charge in [-0.05, 0) is 80.4 Å². The molecule has 0 N–H and O–H groups in total. The van der Waals surface area contributed by atoms with Gasteiger partial charge in [-0.2, -0.15) is 0 Å². The summed E-state index contributed by atoms with van der Waals surface area (Å²) < 4.78 is 12.4. The van der Waals surface area contributed by atoms with E-state index in [1.54, 1.807) is 46.9 Å². The normalized spacial score (nSPS) is 11.9. The smallest absolute Gasteiger partial charge is 0.266 e. The van der Waals surface area contributed by atoms with Crippen LogP contribution in [0, 0.1) is 5.92 Å². The molecular formula is C30H33N3O4. The van der Waals surface area contributed by atoms with Gasteiger partial charge in [0.25, 0.3) is 11.5 Å². The zero-order valence-electron chi connectivity index (χ0n) is 22.0. The van der Waals surface area contributed by atoms with Crippen LogP contribution in [-0.4, -0.2) is 40.6 Å². The van der Waals surface area contributed by atoms with Gasteiger partial charge in [-0.15, -0.1) is 0 Å². The highest BCUT2D eigenvalue weighted by atomic mass is 16.5. The number of amides is 1. The number of aromatic nitrogens is 2. The first-order valence-corrected chi connectivity index (χ1v) is 12.5. The lowest BCUT2D eigenvalue weighted by Crippen LogP contribution is -2.39. The van der Waals surface area contributed by atoms with Crippen LogP contribution in [0.5, 0.6) is 11.5 Å². The van der Waals surface area contributed by atoms with Crippen molar-refractivity contribution >= 4 is 16.8 Å². The van der Waals surface area contributed by atoms with Crippen LogP contribution in [0.25, 0.3) is 16.6 Å². The number of methoxy groups -OCH3 is 1. The fourth-order valence-electron chi connectivity index (χ4n) is 4.39. The maximum Gasteiger partial charge on any atom is 0.266 e. The molecule has 0 fully saturated rings. The Hall–Kier alpha value is -4.13. The summed E-state index contributed by atoms with van der Waals surface area (Å²) in [6.07, 6.45) is 0. The lowest BCUT2D eigenvalue weighted by atomic mass is 10.1. The number of rotatable bonds is 9. The fourth-order valence-corrected chi connectivity index (χ4v) is 4.39. The highest BCUT2D eigenvalue weighted by Crippen LogP contribution is 2.27. The highest BCUT2D eigenvalue weighted by molar-refractivity contribution is 5.94. The van der Waals surface area contributed by atoms with Gasteiger partial charge >= 0.3 is 0 Å². The first-order chi connectivity index (χ1) is 17.8. The molecule has 1 atom stereocenters. The van der Waals surface area contributed by atoms with E-state index in [1.807, 2.05) is 56.3 Å². The number of fused-ring (bicyclic) bond motifs is 1. The number of para-hydroxylation sites is 1. The molecule has 0 aliphatic rings. The van der Waals surface area contributed by atoms with E-state index in [0.29, 0.717) is 46.9 Å². The van der Waals surface area contributed by atoms with E-state index < -0.39 is 6.04 Å². The Balaban J connectivity index is 1.86. The second-order valence-electron chi connectivity index (χ2n) is 9.31. The standard InChI is InChI=1S/C30H33N3O4/c1-6-37-25-17-13-23(14-18-25)33-28(31-27-10-8-7-9-26(27)30(33)35)21(4)32(19-20(2)3)29(34)22-11-15-24(36-5)16-12-22/h7-18,20-21H,6,19H2,1-5H3. The average molecular weight is 500 g/mol. The SMILES string of the molecule is CCOc1ccc(-n2c(C(C)N(CC(C)C)C(=O)c3ccc(OC)cc3)nc3ccccc3c2=O)cc1. The Labute approximate surface area is 217 Å². The molecule has 3 aromatic carbocycles. The number of hydrogen-bond donors (Lipinski definition) is 0. The number of hydrogen-bond acceptors (Lipinski definition) is 5. The van der Waals surface area contributed by atoms with Crippen molar-refractivity contribution in [2.75, 3.05) is 20.3 Å². The predicted molar refractivity (Wildman–Crippen MR) is 146 cm³/mol. The summed E-state index contributed by atoms with van der Waals surface area (Å²) in [6, 6.07) is 21.2. The van der Waals surface area contributed by atoms with Crippen LogP contribution in [-0.2, 0) is 0 Å². The van der Waals surface area contributed by atoms with Crippen LogP contribution >= 0.6 is 0 Å². The summed E-state index contributed by atoms with van der Waals surface area (Å²) in [5.74, 6) is 1.97. The molecule has 0 saturated carbocycles. The molecule has 1 unspecified atom stereocenters. The molecular weight excluding hydrogens is 466 g/mol. The molecule has 37 heavy (non-hydrogen) atoms. The van der Waals surface area contributed by atoms with Gasteiger partial charge in [-0.3, -0.25) is 14.2 Å². The second-order valence-corrected chi connectivity index (χ2v) is 9.31. The van der Waals surface area contributed by atoms with E-state index in [2.05, 4.69) is 13.8 Å². The van der Waals surface area contributed by atoms with E-state index in [9.17, 15) is 9.59 Å². The summed E-state index contributed by atoms with van der Waals surface area (Å²) in [4.78, 5) is 34.3. The molecule has 4 rings (SSSR count). The minimum atomic E-state index is -0.485. The monoisotopic (exact) mass is 499 g/mol. The minimum Gasteiger partial charge on any atom is -0.497 e. The molecule has 1 heterocycles. The molecule has 0 aliphatic carbocycles. The molecule has 0 spiro atoms. The Morgan fingerprint density at radius 3 is 2.22 bits per heavy atom. The third-order valence-corrected chi connectivity index (χ3v) is 6.21. The average Bonchev–Trinajstić information content (AvgIpc) is 2.91. The molecule has 7 nitrogen and oxygen atoms in total. The van der Waals surface area contributed by atoms with Crippen molar-refractivity contribution in [3.05, 3.63) is 94.5 Å². The van der Waals surface area contributed by atoms with Gasteiger partial charge in [0.2, 0.25) is 0 Å². The molecule has 0 saturated heterocycles. The number of ether oxygens (including phenoxy) is 2. The number of carbonyl (C=O) groups excluding carboxylic acids is 1. The molecule has 0 aliphatic heterocycles. The summed E-state index contributed by atoms with van der Waals surface area (Å²) in [5.41, 5.74) is 1.62. The summed E-state index contributed by atoms with van der Waals surface area (Å²) in [6.45, 7) is 9.03. The van der Waals surface area contributed by atoms with Gasteiger partial charge in [0.1, 0.15) is 17.3 Å². The van der Waals surface area contributed by atoms with E-state index in [-0.39, 0.29) is 17.4 Å². The highest BCUT2D eigenvalue weighted by Gasteiger charge is 2.28. The Kier molecular flexibility index (Phi) is 7.92. The minimum absolute atomic E-state index is 0.135. The quantitative estimate of drug-likeness (QED) is 0.297. The third-order valence-electron chi connectivity index (χ3n) is 6.21. The first-order valence-electron chi connectivity index (χ1n) is 12.5. The van der Waals surface area contributed by atoms with Crippen LogP contribution in [0.1, 0.15) is 49.9 Å². The Morgan fingerprint density at radius 2 is 1.59 bits per heavy atom. The van der Waals surface area contributed by atoms with Crippen LogP contribution < -0.4 is 15.0 Å². The lowest BCUT2D eigenvalue weighted by Gasteiger charge is -2.32. The van der Waals surface area contributed by atoms with Crippen molar-refractivity contribution in [2.45, 2.75) is 33.7 Å². The van der Waals surface area contributed by atoms with Crippen molar-refractivity contribution in [2.24, 2.45) is 5.92 Å². The van der Waals surface area contributed by atoms with Gasteiger partial charge in [0.05, 0.1) is 36.3 Å². The van der Waals surface area contributed by atoms with E-state index in [4.69, 9.17) is 14.5 Å². The van der Waals surface area contributed by atoms with Crippen molar-refractivity contribution < 1.29 is 14.3 Å². The van der Waals surface area contributed by atoms with Gasteiger partial charge in [-0.25, -0.2) is 4.98 Å². The summed E-state index contributed by atoms with van der Waals surface area (Å²) in [7, 11) is 1.59. The predicted octanol–water partition coefficient (Wildman–Crippen LogP) is 5.65. The van der Waals surface area contributed by atoms with Crippen molar-refractivity contribution in [3.63, 3.8) is 0 Å².